The molecule has 3 aliphatic heterocycles. The average molecular weight is 541 g/mol. The number of hydrogen-bond acceptors (Lipinski definition) is 9. The van der Waals surface area contributed by atoms with E-state index < -0.39 is 41.1 Å². The van der Waals surface area contributed by atoms with Gasteiger partial charge in [0.05, 0.1) is 20.4 Å². The molecule has 3 heterocycles. The quantitative estimate of drug-likeness (QED) is 0.269. The second kappa shape index (κ2) is 9.22. The minimum absolute atomic E-state index is 0.313. The molecule has 2 saturated heterocycles. The van der Waals surface area contributed by atoms with Crippen molar-refractivity contribution in [2.24, 2.45) is 10.5 Å². The third kappa shape index (κ3) is 3.68. The molecule has 1 spiro atoms. The minimum Gasteiger partial charge on any atom is -0.497 e. The molecule has 9 heteroatoms. The van der Waals surface area contributed by atoms with Gasteiger partial charge in [-0.15, -0.1) is 0 Å². The lowest BCUT2D eigenvalue weighted by molar-refractivity contribution is -0.254. The number of methoxy groups -OCH3 is 2. The number of carbonyl (C=O) groups is 3. The Morgan fingerprint density at radius 3 is 2.02 bits per heavy atom. The van der Waals surface area contributed by atoms with Gasteiger partial charge in [-0.3, -0.25) is 19.4 Å². The van der Waals surface area contributed by atoms with Crippen molar-refractivity contribution in [3.63, 3.8) is 0 Å². The Labute approximate surface area is 231 Å². The second-order valence-electron chi connectivity index (χ2n) is 10.5. The zero-order valence-corrected chi connectivity index (χ0v) is 22.5. The van der Waals surface area contributed by atoms with Gasteiger partial charge in [-0.25, -0.2) is 0 Å². The second-order valence-corrected chi connectivity index (χ2v) is 10.5. The Morgan fingerprint density at radius 1 is 0.850 bits per heavy atom. The van der Waals surface area contributed by atoms with Gasteiger partial charge in [-0.2, -0.15) is 5.10 Å². The molecule has 2 fully saturated rings. The number of ketones is 1. The highest BCUT2D eigenvalue weighted by atomic mass is 16.7. The van der Waals surface area contributed by atoms with Gasteiger partial charge >= 0.3 is 11.9 Å². The van der Waals surface area contributed by atoms with Crippen LogP contribution < -0.4 is 9.47 Å². The highest BCUT2D eigenvalue weighted by Crippen LogP contribution is 2.63. The van der Waals surface area contributed by atoms with E-state index in [0.717, 1.165) is 5.56 Å². The summed E-state index contributed by atoms with van der Waals surface area (Å²) in [5, 5.41) is 6.26. The molecule has 0 radical (unpaired) electrons. The summed E-state index contributed by atoms with van der Waals surface area (Å²) in [4.78, 5) is 42.9. The van der Waals surface area contributed by atoms with E-state index in [4.69, 9.17) is 18.9 Å². The maximum atomic E-state index is 14.4. The molecule has 40 heavy (non-hydrogen) atoms. The summed E-state index contributed by atoms with van der Waals surface area (Å²) >= 11 is 0. The van der Waals surface area contributed by atoms with E-state index in [1.807, 2.05) is 24.3 Å². The number of carbonyl (C=O) groups excluding carboxylic acids is 3. The molecule has 0 aromatic heterocycles. The Balaban J connectivity index is 1.62. The van der Waals surface area contributed by atoms with Gasteiger partial charge in [0.2, 0.25) is 5.41 Å². The van der Waals surface area contributed by atoms with E-state index in [1.165, 1.54) is 13.8 Å². The first-order valence-electron chi connectivity index (χ1n) is 12.9. The highest BCUT2D eigenvalue weighted by molar-refractivity contribution is 6.09. The van der Waals surface area contributed by atoms with Crippen LogP contribution in [0.15, 0.2) is 77.9 Å². The number of esters is 2. The normalized spacial score (nSPS) is 23.6. The molecule has 3 atom stereocenters. The summed E-state index contributed by atoms with van der Waals surface area (Å²) in [7, 11) is 3.09. The first-order valence-corrected chi connectivity index (χ1v) is 12.9. The molecule has 9 nitrogen and oxygen atoms in total. The van der Waals surface area contributed by atoms with Crippen molar-refractivity contribution >= 4 is 23.9 Å². The van der Waals surface area contributed by atoms with Gasteiger partial charge in [0.25, 0.3) is 5.79 Å². The standard InChI is InChI=1S/C31H28N2O7/c1-30(2)39-28(35)31(29(36)40-30)24(18-9-13-21(37-3)14-10-18)25(26(34)19-11-15-22(38-4)16-12-19)33-27(31)23-8-6-5-7-20(23)17-32-33/h5-17,24-25,27H,1-4H3. The summed E-state index contributed by atoms with van der Waals surface area (Å²) in [5.41, 5.74) is 0.440. The number of cyclic esters (lactones) is 2. The zero-order valence-electron chi connectivity index (χ0n) is 22.5. The van der Waals surface area contributed by atoms with Crippen molar-refractivity contribution in [3.8, 4) is 11.5 Å². The van der Waals surface area contributed by atoms with Crippen molar-refractivity contribution in [2.45, 2.75) is 37.6 Å². The number of hydrazone groups is 1. The largest absolute Gasteiger partial charge is 0.497 e. The number of hydrogen-bond donors (Lipinski definition) is 0. The maximum absolute atomic E-state index is 14.4. The molecular weight excluding hydrogens is 512 g/mol. The van der Waals surface area contributed by atoms with Crippen molar-refractivity contribution in [1.82, 2.24) is 5.01 Å². The summed E-state index contributed by atoms with van der Waals surface area (Å²) in [6.45, 7) is 3.02. The van der Waals surface area contributed by atoms with E-state index in [0.29, 0.717) is 28.2 Å². The van der Waals surface area contributed by atoms with Crippen LogP contribution in [0.5, 0.6) is 11.5 Å². The van der Waals surface area contributed by atoms with E-state index in [1.54, 1.807) is 74.0 Å². The van der Waals surface area contributed by atoms with Gasteiger partial charge in [0.15, 0.2) is 5.78 Å². The van der Waals surface area contributed by atoms with Crippen LogP contribution >= 0.6 is 0 Å². The lowest BCUT2D eigenvalue weighted by Crippen LogP contribution is -2.58. The Bertz CT molecular complexity index is 1510. The maximum Gasteiger partial charge on any atom is 0.330 e. The van der Waals surface area contributed by atoms with Gasteiger partial charge in [0.1, 0.15) is 23.6 Å². The van der Waals surface area contributed by atoms with Crippen LogP contribution in [0.25, 0.3) is 0 Å². The summed E-state index contributed by atoms with van der Waals surface area (Å²) in [6, 6.07) is 19.1. The molecule has 3 unspecified atom stereocenters. The van der Waals surface area contributed by atoms with Crippen LogP contribution in [0.4, 0.5) is 0 Å². The minimum atomic E-state index is -1.93. The molecule has 0 aliphatic carbocycles. The van der Waals surface area contributed by atoms with Gasteiger partial charge in [-0.1, -0.05) is 36.4 Å². The van der Waals surface area contributed by atoms with Crippen LogP contribution in [0.1, 0.15) is 52.9 Å². The van der Waals surface area contributed by atoms with Crippen LogP contribution in [-0.2, 0) is 19.1 Å². The SMILES string of the molecule is COc1ccc(C(=O)C2C(c3ccc(OC)cc3)C3(C(=O)OC(C)(C)OC3=O)C3c4ccccc4C=NN23)cc1. The van der Waals surface area contributed by atoms with Gasteiger partial charge in [-0.05, 0) is 53.1 Å². The Hall–Kier alpha value is -4.66. The molecule has 0 N–H and O–H groups in total. The van der Waals surface area contributed by atoms with Crippen LogP contribution in [0, 0.1) is 5.41 Å². The Morgan fingerprint density at radius 2 is 1.43 bits per heavy atom. The van der Waals surface area contributed by atoms with Gasteiger partial charge in [0, 0.05) is 25.3 Å². The fraction of sp³-hybridized carbons (Fsp3) is 0.290. The molecule has 3 aliphatic rings. The molecule has 0 bridgehead atoms. The van der Waals surface area contributed by atoms with E-state index in [2.05, 4.69) is 5.10 Å². The van der Waals surface area contributed by atoms with Crippen molar-refractivity contribution < 1.29 is 33.3 Å². The Kier molecular flexibility index (Phi) is 5.90. The first kappa shape index (κ1) is 25.6. The summed E-state index contributed by atoms with van der Waals surface area (Å²) in [5.74, 6) is -3.13. The third-order valence-corrected chi connectivity index (χ3v) is 7.88. The molecule has 0 amide bonds. The lowest BCUT2D eigenvalue weighted by Gasteiger charge is -2.44. The smallest absolute Gasteiger partial charge is 0.330 e. The van der Waals surface area contributed by atoms with E-state index >= 15 is 0 Å². The monoisotopic (exact) mass is 540 g/mol. The number of Topliss-reactive ketones (excluding diaryl/α,β-unsaturated/α-hetero) is 1. The van der Waals surface area contributed by atoms with Crippen molar-refractivity contribution in [3.05, 3.63) is 95.1 Å². The fourth-order valence-electron chi connectivity index (χ4n) is 6.12. The molecule has 6 rings (SSSR count). The van der Waals surface area contributed by atoms with Crippen LogP contribution in [-0.4, -0.2) is 55.0 Å². The molecule has 0 saturated carbocycles. The predicted molar refractivity (Wildman–Crippen MR) is 144 cm³/mol. The summed E-state index contributed by atoms with van der Waals surface area (Å²) in [6.07, 6.45) is 1.65. The van der Waals surface area contributed by atoms with Crippen molar-refractivity contribution in [2.75, 3.05) is 14.2 Å². The number of benzene rings is 3. The van der Waals surface area contributed by atoms with Crippen molar-refractivity contribution in [1.29, 1.82) is 0 Å². The topological polar surface area (TPSA) is 104 Å². The van der Waals surface area contributed by atoms with E-state index in [9.17, 15) is 14.4 Å². The molecular formula is C31H28N2O7. The third-order valence-electron chi connectivity index (χ3n) is 7.88. The molecule has 204 valence electrons. The number of nitrogens with zero attached hydrogens (tertiary/aromatic N) is 2. The lowest BCUT2D eigenvalue weighted by atomic mass is 9.65. The molecule has 3 aromatic carbocycles. The predicted octanol–water partition coefficient (Wildman–Crippen LogP) is 4.27. The van der Waals surface area contributed by atoms with Crippen LogP contribution in [0.2, 0.25) is 0 Å². The zero-order chi connectivity index (χ0) is 28.2. The fourth-order valence-corrected chi connectivity index (χ4v) is 6.12. The van der Waals surface area contributed by atoms with E-state index in [-0.39, 0.29) is 5.78 Å². The average Bonchev–Trinajstić information content (AvgIpc) is 3.28. The first-order chi connectivity index (χ1) is 19.2. The highest BCUT2D eigenvalue weighted by Gasteiger charge is 2.75. The molecule has 3 aromatic rings. The van der Waals surface area contributed by atoms with Gasteiger partial charge < -0.3 is 18.9 Å². The number of fused-ring (bicyclic) bond motifs is 4. The summed E-state index contributed by atoms with van der Waals surface area (Å²) < 4.78 is 22.2. The number of rotatable bonds is 5. The van der Waals surface area contributed by atoms with Crippen LogP contribution in [0.3, 0.4) is 0 Å². The number of ether oxygens (including phenoxy) is 4.